The first kappa shape index (κ1) is 25.4. The van der Waals surface area contributed by atoms with E-state index in [1.54, 1.807) is 18.2 Å². The molecule has 2 saturated heterocycles. The summed E-state index contributed by atoms with van der Waals surface area (Å²) >= 11 is 0. The third-order valence-electron chi connectivity index (χ3n) is 9.02. The number of carbonyl (C=O) groups is 1. The second-order valence-corrected chi connectivity index (χ2v) is 11.1. The highest BCUT2D eigenvalue weighted by Gasteiger charge is 2.45. The molecule has 2 aliphatic heterocycles. The monoisotopic (exact) mass is 503 g/mol. The molecule has 36 heavy (non-hydrogen) atoms. The maximum atomic E-state index is 14.4. The molecule has 2 unspecified atom stereocenters. The summed E-state index contributed by atoms with van der Waals surface area (Å²) < 4.78 is 49.4. The number of alkyl halides is 3. The minimum atomic E-state index is -4.53. The standard InChI is InChI=1S/C29H36F3NO3/c1-3-18-4-11-24(12-5-18)36-26-13-8-19-6-7-20(16-25(19)27(26)29(30,31)32)17(2)33-22-9-10-23(33)15-21(14-22)28(34)35/h6-8,13,16-18,21-24H,3-5,9-12,14-15H2,1-2H3,(H,34,35)/t17-,18?,21?,22?,23?,24?/m0/s1. The fourth-order valence-electron chi connectivity index (χ4n) is 7.02. The molecule has 196 valence electrons. The Kier molecular flexibility index (Phi) is 6.96. The molecule has 1 N–H and O–H groups in total. The molecule has 5 rings (SSSR count). The highest BCUT2D eigenvalue weighted by molar-refractivity contribution is 5.89. The quantitative estimate of drug-likeness (QED) is 0.441. The normalized spacial score (nSPS) is 29.9. The van der Waals surface area contributed by atoms with Gasteiger partial charge in [0.05, 0.1) is 12.0 Å². The lowest BCUT2D eigenvalue weighted by Crippen LogP contribution is -2.45. The predicted octanol–water partition coefficient (Wildman–Crippen LogP) is 7.59. The number of carboxylic acid groups (broad SMARTS) is 1. The summed E-state index contributed by atoms with van der Waals surface area (Å²) in [7, 11) is 0. The van der Waals surface area contributed by atoms with Crippen molar-refractivity contribution in [1.29, 1.82) is 0 Å². The summed E-state index contributed by atoms with van der Waals surface area (Å²) in [6.45, 7) is 4.20. The first-order chi connectivity index (χ1) is 17.2. The van der Waals surface area contributed by atoms with Gasteiger partial charge in [0.2, 0.25) is 0 Å². The van der Waals surface area contributed by atoms with Crippen LogP contribution in [0.25, 0.3) is 10.8 Å². The van der Waals surface area contributed by atoms with Gasteiger partial charge in [-0.05, 0) is 92.7 Å². The topological polar surface area (TPSA) is 49.8 Å². The van der Waals surface area contributed by atoms with Crippen LogP contribution in [0.3, 0.4) is 0 Å². The summed E-state index contributed by atoms with van der Waals surface area (Å²) in [5.74, 6) is -0.493. The number of nitrogens with zero attached hydrogens (tertiary/aromatic N) is 1. The fraction of sp³-hybridized carbons (Fsp3) is 0.621. The van der Waals surface area contributed by atoms with Gasteiger partial charge in [-0.3, -0.25) is 9.69 Å². The van der Waals surface area contributed by atoms with Crippen molar-refractivity contribution in [1.82, 2.24) is 4.90 Å². The SMILES string of the molecule is CCC1CCC(Oc2ccc3ccc([C@H](C)N4C5CCC4CC(C(=O)O)C5)cc3c2C(F)(F)F)CC1. The molecular formula is C29H36F3NO3. The molecule has 3 fully saturated rings. The van der Waals surface area contributed by atoms with Gasteiger partial charge in [-0.1, -0.05) is 31.5 Å². The molecule has 0 radical (unpaired) electrons. The molecule has 2 bridgehead atoms. The summed E-state index contributed by atoms with van der Waals surface area (Å²) in [4.78, 5) is 13.9. The van der Waals surface area contributed by atoms with Gasteiger partial charge in [0.15, 0.2) is 0 Å². The summed E-state index contributed by atoms with van der Waals surface area (Å²) in [5, 5.41) is 10.2. The van der Waals surface area contributed by atoms with Gasteiger partial charge in [-0.15, -0.1) is 0 Å². The molecule has 3 atom stereocenters. The number of carboxylic acids is 1. The van der Waals surface area contributed by atoms with Crippen LogP contribution in [0.1, 0.15) is 88.8 Å². The Bertz CT molecular complexity index is 1090. The molecule has 0 aromatic heterocycles. The summed E-state index contributed by atoms with van der Waals surface area (Å²) in [6, 6.07) is 8.83. The van der Waals surface area contributed by atoms with Crippen molar-refractivity contribution in [2.75, 3.05) is 0 Å². The van der Waals surface area contributed by atoms with E-state index in [1.165, 1.54) is 6.07 Å². The third kappa shape index (κ3) is 4.83. The van der Waals surface area contributed by atoms with E-state index in [9.17, 15) is 23.1 Å². The number of halogens is 3. The molecule has 3 aliphatic rings. The molecule has 7 heteroatoms. The van der Waals surface area contributed by atoms with Gasteiger partial charge in [0, 0.05) is 18.1 Å². The Balaban J connectivity index is 1.45. The maximum Gasteiger partial charge on any atom is 0.420 e. The second-order valence-electron chi connectivity index (χ2n) is 11.1. The Morgan fingerprint density at radius 1 is 1.06 bits per heavy atom. The van der Waals surface area contributed by atoms with Gasteiger partial charge in [0.1, 0.15) is 11.3 Å². The highest BCUT2D eigenvalue weighted by atomic mass is 19.4. The number of hydrogen-bond donors (Lipinski definition) is 1. The smallest absolute Gasteiger partial charge is 0.420 e. The van der Waals surface area contributed by atoms with E-state index in [4.69, 9.17) is 4.74 Å². The maximum absolute atomic E-state index is 14.4. The first-order valence-electron chi connectivity index (χ1n) is 13.5. The molecule has 0 amide bonds. The van der Waals surface area contributed by atoms with Crippen LogP contribution >= 0.6 is 0 Å². The fourth-order valence-corrected chi connectivity index (χ4v) is 7.02. The lowest BCUT2D eigenvalue weighted by atomic mass is 9.86. The molecule has 1 aliphatic carbocycles. The van der Waals surface area contributed by atoms with Gasteiger partial charge < -0.3 is 9.84 Å². The molecule has 2 heterocycles. The van der Waals surface area contributed by atoms with Crippen molar-refractivity contribution in [3.8, 4) is 5.75 Å². The lowest BCUT2D eigenvalue weighted by molar-refractivity contribution is -0.144. The minimum absolute atomic E-state index is 0.0675. The second kappa shape index (κ2) is 9.88. The van der Waals surface area contributed by atoms with Crippen LogP contribution in [0.4, 0.5) is 13.2 Å². The Labute approximate surface area is 210 Å². The number of rotatable bonds is 6. The van der Waals surface area contributed by atoms with Gasteiger partial charge in [-0.2, -0.15) is 13.2 Å². The lowest BCUT2D eigenvalue weighted by Gasteiger charge is -2.41. The molecule has 0 spiro atoms. The average molecular weight is 504 g/mol. The van der Waals surface area contributed by atoms with Crippen molar-refractivity contribution in [3.05, 3.63) is 41.5 Å². The van der Waals surface area contributed by atoms with Crippen LogP contribution < -0.4 is 4.74 Å². The van der Waals surface area contributed by atoms with E-state index in [1.807, 2.05) is 13.0 Å². The van der Waals surface area contributed by atoms with Crippen molar-refractivity contribution in [2.24, 2.45) is 11.8 Å². The van der Waals surface area contributed by atoms with Crippen molar-refractivity contribution in [3.63, 3.8) is 0 Å². The Morgan fingerprint density at radius 2 is 1.69 bits per heavy atom. The van der Waals surface area contributed by atoms with Gasteiger partial charge >= 0.3 is 12.1 Å². The number of ether oxygens (including phenoxy) is 1. The number of piperidine rings is 1. The third-order valence-corrected chi connectivity index (χ3v) is 9.02. The zero-order valence-corrected chi connectivity index (χ0v) is 21.1. The number of hydrogen-bond acceptors (Lipinski definition) is 3. The zero-order chi connectivity index (χ0) is 25.6. The molecule has 1 saturated carbocycles. The van der Waals surface area contributed by atoms with Crippen LogP contribution in [0.5, 0.6) is 5.75 Å². The number of fused-ring (bicyclic) bond motifs is 3. The van der Waals surface area contributed by atoms with Crippen molar-refractivity contribution in [2.45, 2.75) is 102 Å². The van der Waals surface area contributed by atoms with Crippen molar-refractivity contribution >= 4 is 16.7 Å². The number of benzene rings is 2. The van der Waals surface area contributed by atoms with E-state index >= 15 is 0 Å². The molecule has 4 nitrogen and oxygen atoms in total. The van der Waals surface area contributed by atoms with Crippen LogP contribution in [-0.4, -0.2) is 34.2 Å². The molecule has 2 aromatic carbocycles. The van der Waals surface area contributed by atoms with Gasteiger partial charge in [0.25, 0.3) is 0 Å². The van der Waals surface area contributed by atoms with Crippen LogP contribution in [0.2, 0.25) is 0 Å². The Morgan fingerprint density at radius 3 is 2.28 bits per heavy atom. The van der Waals surface area contributed by atoms with Crippen LogP contribution in [0.15, 0.2) is 30.3 Å². The minimum Gasteiger partial charge on any atom is -0.490 e. The van der Waals surface area contributed by atoms with E-state index < -0.39 is 17.7 Å². The average Bonchev–Trinajstić information content (AvgIpc) is 3.11. The highest BCUT2D eigenvalue weighted by Crippen LogP contribution is 2.46. The Hall–Kier alpha value is -2.28. The first-order valence-corrected chi connectivity index (χ1v) is 13.5. The summed E-state index contributed by atoms with van der Waals surface area (Å²) in [6.07, 6.45) is 3.07. The zero-order valence-electron chi connectivity index (χ0n) is 21.1. The molecule has 2 aromatic rings. The van der Waals surface area contributed by atoms with Gasteiger partial charge in [-0.25, -0.2) is 0 Å². The predicted molar refractivity (Wildman–Crippen MR) is 133 cm³/mol. The number of aliphatic carboxylic acids is 1. The van der Waals surface area contributed by atoms with E-state index in [2.05, 4.69) is 11.8 Å². The van der Waals surface area contributed by atoms with Crippen LogP contribution in [-0.2, 0) is 11.0 Å². The largest absolute Gasteiger partial charge is 0.490 e. The summed E-state index contributed by atoms with van der Waals surface area (Å²) in [5.41, 5.74) is 0.151. The van der Waals surface area contributed by atoms with E-state index in [0.717, 1.165) is 50.5 Å². The molecular weight excluding hydrogens is 467 g/mol. The van der Waals surface area contributed by atoms with E-state index in [-0.39, 0.29) is 41.3 Å². The van der Waals surface area contributed by atoms with Crippen molar-refractivity contribution < 1.29 is 27.8 Å². The van der Waals surface area contributed by atoms with Crippen LogP contribution in [0, 0.1) is 11.8 Å². The van der Waals surface area contributed by atoms with E-state index in [0.29, 0.717) is 24.1 Å².